The summed E-state index contributed by atoms with van der Waals surface area (Å²) in [6.45, 7) is 10.4. The lowest BCUT2D eigenvalue weighted by molar-refractivity contribution is -0.122. The number of esters is 1. The van der Waals surface area contributed by atoms with E-state index in [4.69, 9.17) is 13.9 Å². The standard InChI is InChI=1S/C22H27NO6/c1-7-27-22(26)19-18(13(4)24)14(5)29-21(19)23-20(25)15(6)28-17-10-8-16(9-11-17)12(2)3/h8-12,15H,7H2,1-6H3,(H,23,25). The summed E-state index contributed by atoms with van der Waals surface area (Å²) in [5, 5.41) is 2.53. The van der Waals surface area contributed by atoms with Gasteiger partial charge in [-0.15, -0.1) is 0 Å². The highest BCUT2D eigenvalue weighted by atomic mass is 16.5. The Bertz CT molecular complexity index is 895. The lowest BCUT2D eigenvalue weighted by Crippen LogP contribution is -2.30. The minimum absolute atomic E-state index is 0.0845. The molecule has 29 heavy (non-hydrogen) atoms. The molecule has 0 aliphatic carbocycles. The smallest absolute Gasteiger partial charge is 0.344 e. The molecule has 0 aliphatic heterocycles. The number of anilines is 1. The number of hydrogen-bond acceptors (Lipinski definition) is 6. The number of rotatable bonds is 8. The Kier molecular flexibility index (Phi) is 7.20. The van der Waals surface area contributed by atoms with Gasteiger partial charge in [-0.05, 0) is 51.3 Å². The number of ether oxygens (including phenoxy) is 2. The van der Waals surface area contributed by atoms with Crippen LogP contribution in [0.25, 0.3) is 0 Å². The first-order valence-electron chi connectivity index (χ1n) is 9.54. The zero-order chi connectivity index (χ0) is 21.7. The summed E-state index contributed by atoms with van der Waals surface area (Å²) in [5.74, 6) is -0.568. The average Bonchev–Trinajstić information content (AvgIpc) is 2.98. The van der Waals surface area contributed by atoms with E-state index in [1.165, 1.54) is 6.92 Å². The van der Waals surface area contributed by atoms with Crippen LogP contribution in [-0.2, 0) is 9.53 Å². The monoisotopic (exact) mass is 401 g/mol. The highest BCUT2D eigenvalue weighted by Gasteiger charge is 2.29. The van der Waals surface area contributed by atoms with E-state index in [0.717, 1.165) is 5.56 Å². The molecule has 7 nitrogen and oxygen atoms in total. The number of hydrogen-bond donors (Lipinski definition) is 1. The molecule has 1 heterocycles. The molecule has 0 aliphatic rings. The maximum Gasteiger partial charge on any atom is 0.344 e. The van der Waals surface area contributed by atoms with Gasteiger partial charge in [0.25, 0.3) is 5.91 Å². The molecule has 1 aromatic heterocycles. The van der Waals surface area contributed by atoms with Crippen LogP contribution in [0.4, 0.5) is 5.88 Å². The minimum atomic E-state index is -0.860. The molecule has 1 atom stereocenters. The average molecular weight is 401 g/mol. The fourth-order valence-electron chi connectivity index (χ4n) is 2.86. The van der Waals surface area contributed by atoms with E-state index in [-0.39, 0.29) is 35.2 Å². The van der Waals surface area contributed by atoms with Crippen molar-refractivity contribution in [2.75, 3.05) is 11.9 Å². The van der Waals surface area contributed by atoms with Crippen LogP contribution in [0, 0.1) is 6.92 Å². The number of furan rings is 1. The second-order valence-electron chi connectivity index (χ2n) is 6.99. The first-order chi connectivity index (χ1) is 13.6. The van der Waals surface area contributed by atoms with Gasteiger partial charge in [0.1, 0.15) is 17.1 Å². The molecule has 7 heteroatoms. The fourth-order valence-corrected chi connectivity index (χ4v) is 2.86. The third-order valence-electron chi connectivity index (χ3n) is 4.38. The highest BCUT2D eigenvalue weighted by molar-refractivity contribution is 6.11. The molecule has 0 bridgehead atoms. The molecule has 0 fully saturated rings. The molecule has 156 valence electrons. The highest BCUT2D eigenvalue weighted by Crippen LogP contribution is 2.29. The quantitative estimate of drug-likeness (QED) is 0.517. The minimum Gasteiger partial charge on any atom is -0.481 e. The van der Waals surface area contributed by atoms with Crippen molar-refractivity contribution in [2.24, 2.45) is 0 Å². The van der Waals surface area contributed by atoms with Crippen molar-refractivity contribution in [1.82, 2.24) is 0 Å². The molecule has 1 amide bonds. The first kappa shape index (κ1) is 22.2. The van der Waals surface area contributed by atoms with Crippen molar-refractivity contribution in [3.05, 3.63) is 46.7 Å². The predicted molar refractivity (Wildman–Crippen MR) is 109 cm³/mol. The Hall–Kier alpha value is -3.09. The number of Topliss-reactive ketones (excluding diaryl/α,β-unsaturated/α-hetero) is 1. The largest absolute Gasteiger partial charge is 0.481 e. The van der Waals surface area contributed by atoms with E-state index in [2.05, 4.69) is 19.2 Å². The Morgan fingerprint density at radius 3 is 2.21 bits per heavy atom. The van der Waals surface area contributed by atoms with Gasteiger partial charge < -0.3 is 13.9 Å². The molecule has 0 spiro atoms. The first-order valence-corrected chi connectivity index (χ1v) is 9.54. The summed E-state index contributed by atoms with van der Waals surface area (Å²) < 4.78 is 16.2. The van der Waals surface area contributed by atoms with E-state index in [1.54, 1.807) is 32.9 Å². The van der Waals surface area contributed by atoms with Gasteiger partial charge in [0, 0.05) is 0 Å². The van der Waals surface area contributed by atoms with Crippen LogP contribution < -0.4 is 10.1 Å². The summed E-state index contributed by atoms with van der Waals surface area (Å²) in [5.41, 5.74) is 1.17. The van der Waals surface area contributed by atoms with E-state index < -0.39 is 18.0 Å². The Balaban J connectivity index is 2.19. The Labute approximate surface area is 170 Å². The van der Waals surface area contributed by atoms with Crippen LogP contribution in [0.1, 0.15) is 72.6 Å². The molecule has 1 N–H and O–H groups in total. The number of carbonyl (C=O) groups is 3. The summed E-state index contributed by atoms with van der Waals surface area (Å²) in [6.07, 6.45) is -0.860. The van der Waals surface area contributed by atoms with Crippen LogP contribution in [-0.4, -0.2) is 30.4 Å². The zero-order valence-corrected chi connectivity index (χ0v) is 17.6. The van der Waals surface area contributed by atoms with Gasteiger partial charge in [-0.3, -0.25) is 14.9 Å². The molecule has 0 saturated heterocycles. The lowest BCUT2D eigenvalue weighted by Gasteiger charge is -2.15. The van der Waals surface area contributed by atoms with Gasteiger partial charge in [0.2, 0.25) is 5.88 Å². The summed E-state index contributed by atoms with van der Waals surface area (Å²) >= 11 is 0. The third kappa shape index (κ3) is 5.25. The lowest BCUT2D eigenvalue weighted by atomic mass is 10.0. The van der Waals surface area contributed by atoms with Crippen LogP contribution in [0.3, 0.4) is 0 Å². The van der Waals surface area contributed by atoms with Crippen LogP contribution in [0.2, 0.25) is 0 Å². The van der Waals surface area contributed by atoms with Gasteiger partial charge in [-0.1, -0.05) is 26.0 Å². The van der Waals surface area contributed by atoms with Crippen LogP contribution in [0.15, 0.2) is 28.7 Å². The molecule has 0 saturated carbocycles. The number of ketones is 1. The van der Waals surface area contributed by atoms with Gasteiger partial charge in [-0.2, -0.15) is 0 Å². The topological polar surface area (TPSA) is 94.8 Å². The maximum absolute atomic E-state index is 12.6. The second-order valence-corrected chi connectivity index (χ2v) is 6.99. The van der Waals surface area contributed by atoms with Crippen LogP contribution in [0.5, 0.6) is 5.75 Å². The second kappa shape index (κ2) is 9.41. The Morgan fingerprint density at radius 2 is 1.69 bits per heavy atom. The number of nitrogens with one attached hydrogen (secondary N) is 1. The zero-order valence-electron chi connectivity index (χ0n) is 17.6. The Morgan fingerprint density at radius 1 is 1.07 bits per heavy atom. The van der Waals surface area contributed by atoms with Crippen molar-refractivity contribution in [3.63, 3.8) is 0 Å². The van der Waals surface area contributed by atoms with Crippen molar-refractivity contribution < 1.29 is 28.3 Å². The molecular formula is C22H27NO6. The SMILES string of the molecule is CCOC(=O)c1c(NC(=O)C(C)Oc2ccc(C(C)C)cc2)oc(C)c1C(C)=O. The van der Waals surface area contributed by atoms with Gasteiger partial charge in [0.05, 0.1) is 12.2 Å². The van der Waals surface area contributed by atoms with Crippen molar-refractivity contribution in [1.29, 1.82) is 0 Å². The van der Waals surface area contributed by atoms with Gasteiger partial charge in [-0.25, -0.2) is 4.79 Å². The van der Waals surface area contributed by atoms with Gasteiger partial charge in [0.15, 0.2) is 11.9 Å². The third-order valence-corrected chi connectivity index (χ3v) is 4.38. The molecular weight excluding hydrogens is 374 g/mol. The molecule has 2 rings (SSSR count). The molecule has 2 aromatic rings. The predicted octanol–water partition coefficient (Wildman–Crippen LogP) is 4.50. The van der Waals surface area contributed by atoms with Crippen molar-refractivity contribution >= 4 is 23.5 Å². The number of benzene rings is 1. The summed E-state index contributed by atoms with van der Waals surface area (Å²) in [7, 11) is 0. The normalized spacial score (nSPS) is 11.8. The molecule has 1 unspecified atom stereocenters. The maximum atomic E-state index is 12.6. The van der Waals surface area contributed by atoms with E-state index in [1.807, 2.05) is 12.1 Å². The van der Waals surface area contributed by atoms with Crippen LogP contribution >= 0.6 is 0 Å². The summed E-state index contributed by atoms with van der Waals surface area (Å²) in [4.78, 5) is 36.8. The van der Waals surface area contributed by atoms with E-state index in [0.29, 0.717) is 11.7 Å². The van der Waals surface area contributed by atoms with Crippen molar-refractivity contribution in [2.45, 2.75) is 53.6 Å². The van der Waals surface area contributed by atoms with E-state index >= 15 is 0 Å². The summed E-state index contributed by atoms with van der Waals surface area (Å²) in [6, 6.07) is 7.49. The molecule has 1 aromatic carbocycles. The van der Waals surface area contributed by atoms with E-state index in [9.17, 15) is 14.4 Å². The number of carbonyl (C=O) groups excluding carboxylic acids is 3. The number of amides is 1. The molecule has 0 radical (unpaired) electrons. The van der Waals surface area contributed by atoms with Gasteiger partial charge >= 0.3 is 5.97 Å². The number of aryl methyl sites for hydroxylation is 1. The fraction of sp³-hybridized carbons (Fsp3) is 0.409. The van der Waals surface area contributed by atoms with Crippen molar-refractivity contribution in [3.8, 4) is 5.75 Å².